The molecule has 3 heterocycles. The summed E-state index contributed by atoms with van der Waals surface area (Å²) in [6.07, 6.45) is 0.866. The van der Waals surface area contributed by atoms with Crippen molar-refractivity contribution < 1.29 is 4.79 Å². The second-order valence-electron chi connectivity index (χ2n) is 7.03. The van der Waals surface area contributed by atoms with Crippen molar-refractivity contribution in [2.24, 2.45) is 0 Å². The second-order valence-corrected chi connectivity index (χ2v) is 8.41. The molecule has 144 valence electrons. The highest BCUT2D eigenvalue weighted by molar-refractivity contribution is 7.13. The summed E-state index contributed by atoms with van der Waals surface area (Å²) in [6.45, 7) is 1.31. The number of benzene rings is 2. The van der Waals surface area contributed by atoms with Crippen molar-refractivity contribution in [3.63, 3.8) is 0 Å². The van der Waals surface area contributed by atoms with Gasteiger partial charge >= 0.3 is 0 Å². The smallest absolute Gasteiger partial charge is 0.272 e. The first-order valence-corrected chi connectivity index (χ1v) is 10.7. The van der Waals surface area contributed by atoms with Crippen LogP contribution in [0.4, 0.5) is 0 Å². The molecule has 0 N–H and O–H groups in total. The van der Waals surface area contributed by atoms with E-state index in [2.05, 4.69) is 18.2 Å². The van der Waals surface area contributed by atoms with Crippen molar-refractivity contribution in [1.29, 1.82) is 0 Å². The maximum absolute atomic E-state index is 13.5. The largest absolute Gasteiger partial charge is 0.333 e. The molecule has 1 aliphatic rings. The summed E-state index contributed by atoms with van der Waals surface area (Å²) in [5, 5.41) is 7.37. The van der Waals surface area contributed by atoms with Crippen LogP contribution in [0.3, 0.4) is 0 Å². The summed E-state index contributed by atoms with van der Waals surface area (Å²) in [4.78, 5) is 16.4. The molecule has 29 heavy (non-hydrogen) atoms. The Hall–Kier alpha value is -2.89. The third kappa shape index (κ3) is 3.48. The number of carbonyl (C=O) groups excluding carboxylic acids is 1. The number of rotatable bonds is 3. The number of hydrogen-bond donors (Lipinski definition) is 0. The van der Waals surface area contributed by atoms with Gasteiger partial charge in [-0.2, -0.15) is 5.10 Å². The summed E-state index contributed by atoms with van der Waals surface area (Å²) in [6, 6.07) is 21.6. The molecule has 4 aromatic rings. The SMILES string of the molecule is O=C(c1cc(-c2cccs2)nn1-c1cccc(Cl)c1)N1CCc2ccccc2C1. The summed E-state index contributed by atoms with van der Waals surface area (Å²) in [5.41, 5.74) is 4.65. The molecule has 2 aromatic heterocycles. The van der Waals surface area contributed by atoms with Crippen LogP contribution in [-0.2, 0) is 13.0 Å². The van der Waals surface area contributed by atoms with Crippen LogP contribution in [0.2, 0.25) is 5.02 Å². The number of amides is 1. The number of hydrogen-bond acceptors (Lipinski definition) is 3. The Morgan fingerprint density at radius 1 is 1.00 bits per heavy atom. The molecule has 1 aliphatic heterocycles. The van der Waals surface area contributed by atoms with E-state index in [1.807, 2.05) is 58.8 Å². The zero-order valence-electron chi connectivity index (χ0n) is 15.6. The molecule has 0 aliphatic carbocycles. The minimum atomic E-state index is -0.0187. The first-order chi connectivity index (χ1) is 14.2. The molecule has 0 bridgehead atoms. The van der Waals surface area contributed by atoms with Gasteiger partial charge in [-0.15, -0.1) is 11.3 Å². The Morgan fingerprint density at radius 3 is 2.66 bits per heavy atom. The van der Waals surface area contributed by atoms with Gasteiger partial charge in [-0.3, -0.25) is 4.79 Å². The summed E-state index contributed by atoms with van der Waals surface area (Å²) < 4.78 is 1.71. The monoisotopic (exact) mass is 419 g/mol. The van der Waals surface area contributed by atoms with Gasteiger partial charge in [0.05, 0.1) is 10.6 Å². The van der Waals surface area contributed by atoms with Gasteiger partial charge in [0.25, 0.3) is 5.91 Å². The van der Waals surface area contributed by atoms with Crippen LogP contribution in [0.5, 0.6) is 0 Å². The van der Waals surface area contributed by atoms with E-state index >= 15 is 0 Å². The first-order valence-electron chi connectivity index (χ1n) is 9.45. The third-order valence-corrected chi connectivity index (χ3v) is 6.30. The van der Waals surface area contributed by atoms with Crippen LogP contribution in [-0.4, -0.2) is 27.1 Å². The molecule has 0 saturated heterocycles. The normalized spacial score (nSPS) is 13.3. The quantitative estimate of drug-likeness (QED) is 0.442. The molecule has 0 fully saturated rings. The van der Waals surface area contributed by atoms with Gasteiger partial charge in [0.2, 0.25) is 0 Å². The van der Waals surface area contributed by atoms with E-state index in [0.29, 0.717) is 23.8 Å². The van der Waals surface area contributed by atoms with Crippen molar-refractivity contribution in [2.45, 2.75) is 13.0 Å². The lowest BCUT2D eigenvalue weighted by Gasteiger charge is -2.29. The molecule has 0 atom stereocenters. The van der Waals surface area contributed by atoms with Crippen molar-refractivity contribution in [1.82, 2.24) is 14.7 Å². The minimum Gasteiger partial charge on any atom is -0.333 e. The van der Waals surface area contributed by atoms with Crippen LogP contribution in [0.15, 0.2) is 72.1 Å². The van der Waals surface area contributed by atoms with Crippen LogP contribution < -0.4 is 0 Å². The van der Waals surface area contributed by atoms with E-state index < -0.39 is 0 Å². The molecular weight excluding hydrogens is 402 g/mol. The zero-order chi connectivity index (χ0) is 19.8. The molecule has 1 amide bonds. The number of carbonyl (C=O) groups is 1. The fourth-order valence-electron chi connectivity index (χ4n) is 3.71. The van der Waals surface area contributed by atoms with Crippen molar-refractivity contribution in [3.05, 3.63) is 94.0 Å². The zero-order valence-corrected chi connectivity index (χ0v) is 17.2. The molecule has 5 rings (SSSR count). The highest BCUT2D eigenvalue weighted by Gasteiger charge is 2.26. The lowest BCUT2D eigenvalue weighted by atomic mass is 10.00. The highest BCUT2D eigenvalue weighted by Crippen LogP contribution is 2.28. The average Bonchev–Trinajstić information content (AvgIpc) is 3.43. The van der Waals surface area contributed by atoms with Crippen molar-refractivity contribution in [2.75, 3.05) is 6.54 Å². The maximum Gasteiger partial charge on any atom is 0.272 e. The van der Waals surface area contributed by atoms with Gasteiger partial charge < -0.3 is 4.90 Å². The summed E-state index contributed by atoms with van der Waals surface area (Å²) in [5.74, 6) is -0.0187. The van der Waals surface area contributed by atoms with Crippen LogP contribution in [0.25, 0.3) is 16.3 Å². The molecule has 4 nitrogen and oxygen atoms in total. The molecule has 0 spiro atoms. The highest BCUT2D eigenvalue weighted by atomic mass is 35.5. The number of nitrogens with zero attached hydrogens (tertiary/aromatic N) is 3. The Balaban J connectivity index is 1.56. The Kier molecular flexibility index (Phi) is 4.70. The van der Waals surface area contributed by atoms with Crippen LogP contribution >= 0.6 is 22.9 Å². The second kappa shape index (κ2) is 7.50. The summed E-state index contributed by atoms with van der Waals surface area (Å²) >= 11 is 7.81. The molecular formula is C23H18ClN3OS. The number of halogens is 1. The molecule has 2 aromatic carbocycles. The number of thiophene rings is 1. The minimum absolute atomic E-state index is 0.0187. The van der Waals surface area contributed by atoms with Gasteiger partial charge in [-0.1, -0.05) is 48.0 Å². The van der Waals surface area contributed by atoms with Crippen LogP contribution in [0.1, 0.15) is 21.6 Å². The number of aromatic nitrogens is 2. The van der Waals surface area contributed by atoms with E-state index in [1.54, 1.807) is 16.0 Å². The van der Waals surface area contributed by atoms with Gasteiger partial charge in [0, 0.05) is 18.1 Å². The fraction of sp³-hybridized carbons (Fsp3) is 0.130. The third-order valence-electron chi connectivity index (χ3n) is 5.17. The lowest BCUT2D eigenvalue weighted by molar-refractivity contribution is 0.0725. The van der Waals surface area contributed by atoms with E-state index in [4.69, 9.17) is 16.7 Å². The topological polar surface area (TPSA) is 38.1 Å². The molecule has 0 unspecified atom stereocenters. The predicted molar refractivity (Wildman–Crippen MR) is 117 cm³/mol. The lowest BCUT2D eigenvalue weighted by Crippen LogP contribution is -2.37. The van der Waals surface area contributed by atoms with Gasteiger partial charge in [0.1, 0.15) is 11.4 Å². The van der Waals surface area contributed by atoms with Crippen LogP contribution in [0, 0.1) is 0 Å². The predicted octanol–water partition coefficient (Wildman–Crippen LogP) is 5.45. The Morgan fingerprint density at radius 2 is 1.86 bits per heavy atom. The summed E-state index contributed by atoms with van der Waals surface area (Å²) in [7, 11) is 0. The van der Waals surface area contributed by atoms with Crippen molar-refractivity contribution in [3.8, 4) is 16.3 Å². The van der Waals surface area contributed by atoms with E-state index in [9.17, 15) is 4.79 Å². The van der Waals surface area contributed by atoms with E-state index in [0.717, 1.165) is 22.7 Å². The van der Waals surface area contributed by atoms with E-state index in [-0.39, 0.29) is 5.91 Å². The van der Waals surface area contributed by atoms with Crippen molar-refractivity contribution >= 4 is 28.8 Å². The Labute approximate surface area is 178 Å². The molecule has 6 heteroatoms. The Bertz CT molecular complexity index is 1180. The maximum atomic E-state index is 13.5. The average molecular weight is 420 g/mol. The van der Waals surface area contributed by atoms with Gasteiger partial charge in [-0.25, -0.2) is 4.68 Å². The molecule has 0 saturated carbocycles. The fourth-order valence-corrected chi connectivity index (χ4v) is 4.58. The van der Waals surface area contributed by atoms with Gasteiger partial charge in [0.15, 0.2) is 0 Å². The molecule has 0 radical (unpaired) electrons. The first kappa shape index (κ1) is 18.2. The van der Waals surface area contributed by atoms with E-state index in [1.165, 1.54) is 11.1 Å². The van der Waals surface area contributed by atoms with Gasteiger partial charge in [-0.05, 0) is 53.3 Å². The standard InChI is InChI=1S/C23H18ClN3OS/c24-18-7-3-8-19(13-18)27-21(14-20(25-27)22-9-4-12-29-22)23(28)26-11-10-16-5-1-2-6-17(16)15-26/h1-9,12-14H,10-11,15H2. The number of fused-ring (bicyclic) bond motifs is 1.